The van der Waals surface area contributed by atoms with Gasteiger partial charge in [-0.2, -0.15) is 0 Å². The molecule has 6 unspecified atom stereocenters. The lowest BCUT2D eigenvalue weighted by Gasteiger charge is -2.33. The molecule has 2 aliphatic carbocycles. The molecule has 2 saturated carbocycles. The molecule has 0 aliphatic heterocycles. The minimum atomic E-state index is 0.338. The van der Waals surface area contributed by atoms with E-state index in [1.807, 2.05) is 12.1 Å². The van der Waals surface area contributed by atoms with E-state index in [0.717, 1.165) is 23.0 Å². The van der Waals surface area contributed by atoms with Crippen molar-refractivity contribution in [1.82, 2.24) is 0 Å². The number of hydrogen-bond donors (Lipinski definition) is 2. The van der Waals surface area contributed by atoms with E-state index in [2.05, 4.69) is 52.0 Å². The summed E-state index contributed by atoms with van der Waals surface area (Å²) >= 11 is 0. The lowest BCUT2D eigenvalue weighted by atomic mass is 9.72. The van der Waals surface area contributed by atoms with Gasteiger partial charge < -0.3 is 10.2 Å². The molecule has 2 aromatic rings. The van der Waals surface area contributed by atoms with Gasteiger partial charge >= 0.3 is 0 Å². The number of rotatable bonds is 4. The van der Waals surface area contributed by atoms with E-state index in [1.165, 1.54) is 49.7 Å². The molecule has 2 fully saturated rings. The first-order chi connectivity index (χ1) is 14.8. The maximum Gasteiger partial charge on any atom is 0.119 e. The molecule has 0 bridgehead atoms. The zero-order valence-electron chi connectivity index (χ0n) is 19.8. The Morgan fingerprint density at radius 1 is 0.645 bits per heavy atom. The Hall–Kier alpha value is -1.96. The molecule has 0 spiro atoms. The summed E-state index contributed by atoms with van der Waals surface area (Å²) in [5.74, 6) is 4.79. The van der Waals surface area contributed by atoms with Crippen LogP contribution >= 0.6 is 0 Å². The Bertz CT molecular complexity index is 828. The first-order valence-electron chi connectivity index (χ1n) is 12.4. The fraction of sp³-hybridized carbons (Fsp3) is 0.586. The maximum atomic E-state index is 10.6. The average molecular weight is 421 g/mol. The van der Waals surface area contributed by atoms with Crippen molar-refractivity contribution in [3.05, 3.63) is 58.7 Å². The minimum Gasteiger partial charge on any atom is -0.508 e. The molecule has 6 atom stereocenters. The van der Waals surface area contributed by atoms with Gasteiger partial charge in [-0.15, -0.1) is 0 Å². The lowest BCUT2D eigenvalue weighted by Crippen LogP contribution is -2.20. The second-order valence-electron chi connectivity index (χ2n) is 11.0. The van der Waals surface area contributed by atoms with Crippen LogP contribution < -0.4 is 0 Å². The summed E-state index contributed by atoms with van der Waals surface area (Å²) in [6, 6.07) is 12.3. The van der Waals surface area contributed by atoms with Gasteiger partial charge in [0.1, 0.15) is 11.5 Å². The van der Waals surface area contributed by atoms with E-state index in [-0.39, 0.29) is 0 Å². The van der Waals surface area contributed by atoms with Crippen LogP contribution in [0.5, 0.6) is 11.5 Å². The zero-order valence-corrected chi connectivity index (χ0v) is 19.8. The van der Waals surface area contributed by atoms with Crippen molar-refractivity contribution in [2.75, 3.05) is 0 Å². The Kier molecular flexibility index (Phi) is 6.65. The summed E-state index contributed by atoms with van der Waals surface area (Å²) in [7, 11) is 0. The van der Waals surface area contributed by atoms with Crippen molar-refractivity contribution in [3.63, 3.8) is 0 Å². The topological polar surface area (TPSA) is 40.5 Å². The smallest absolute Gasteiger partial charge is 0.119 e. The molecule has 0 aromatic heterocycles. The van der Waals surface area contributed by atoms with E-state index in [1.54, 1.807) is 0 Å². The normalized spacial score (nSPS) is 31.5. The third-order valence-electron chi connectivity index (χ3n) is 8.31. The van der Waals surface area contributed by atoms with Crippen molar-refractivity contribution < 1.29 is 10.2 Å². The SMILES string of the molecule is CC1CCC(c2ccc(O)c(Cc3cc(C4CCC(C)CC4C)ccc3O)c2)C(C)C1. The van der Waals surface area contributed by atoms with Crippen LogP contribution in [0.4, 0.5) is 0 Å². The fourth-order valence-corrected chi connectivity index (χ4v) is 6.48. The molecule has 168 valence electrons. The van der Waals surface area contributed by atoms with E-state index in [4.69, 9.17) is 0 Å². The average Bonchev–Trinajstić information content (AvgIpc) is 2.72. The largest absolute Gasteiger partial charge is 0.508 e. The molecule has 2 nitrogen and oxygen atoms in total. The second kappa shape index (κ2) is 9.27. The van der Waals surface area contributed by atoms with Crippen LogP contribution in [0.15, 0.2) is 36.4 Å². The van der Waals surface area contributed by atoms with Crippen LogP contribution in [-0.2, 0) is 6.42 Å². The summed E-state index contributed by atoms with van der Waals surface area (Å²) < 4.78 is 0. The lowest BCUT2D eigenvalue weighted by molar-refractivity contribution is 0.261. The Morgan fingerprint density at radius 3 is 1.45 bits per heavy atom. The van der Waals surface area contributed by atoms with Crippen LogP contribution in [0, 0.1) is 23.7 Å². The molecule has 2 aromatic carbocycles. The van der Waals surface area contributed by atoms with Crippen LogP contribution in [0.3, 0.4) is 0 Å². The predicted octanol–water partition coefficient (Wildman–Crippen LogP) is 7.77. The molecule has 0 heterocycles. The molecule has 2 aliphatic rings. The van der Waals surface area contributed by atoms with Gasteiger partial charge in [-0.25, -0.2) is 0 Å². The first-order valence-corrected chi connectivity index (χ1v) is 12.4. The van der Waals surface area contributed by atoms with Crippen molar-refractivity contribution in [3.8, 4) is 11.5 Å². The summed E-state index contributed by atoms with van der Waals surface area (Å²) in [6.45, 7) is 9.46. The fourth-order valence-electron chi connectivity index (χ4n) is 6.48. The van der Waals surface area contributed by atoms with Gasteiger partial charge in [0.15, 0.2) is 0 Å². The monoisotopic (exact) mass is 420 g/mol. The zero-order chi connectivity index (χ0) is 22.1. The second-order valence-corrected chi connectivity index (χ2v) is 11.0. The van der Waals surface area contributed by atoms with Gasteiger partial charge in [-0.1, -0.05) is 64.8 Å². The minimum absolute atomic E-state index is 0.338. The highest BCUT2D eigenvalue weighted by Crippen LogP contribution is 2.43. The molecule has 0 radical (unpaired) electrons. The first kappa shape index (κ1) is 22.2. The number of aromatic hydroxyl groups is 2. The third-order valence-corrected chi connectivity index (χ3v) is 8.31. The van der Waals surface area contributed by atoms with Crippen molar-refractivity contribution in [1.29, 1.82) is 0 Å². The van der Waals surface area contributed by atoms with E-state index < -0.39 is 0 Å². The molecule has 31 heavy (non-hydrogen) atoms. The van der Waals surface area contributed by atoms with E-state index in [9.17, 15) is 10.2 Å². The predicted molar refractivity (Wildman–Crippen MR) is 129 cm³/mol. The maximum absolute atomic E-state index is 10.6. The third kappa shape index (κ3) is 4.94. The van der Waals surface area contributed by atoms with Gasteiger partial charge in [-0.3, -0.25) is 0 Å². The number of phenolic OH excluding ortho intramolecular Hbond substituents is 2. The summed E-state index contributed by atoms with van der Waals surface area (Å²) in [6.07, 6.45) is 8.16. The number of phenols is 2. The molecule has 0 amide bonds. The van der Waals surface area contributed by atoms with Crippen molar-refractivity contribution >= 4 is 0 Å². The van der Waals surface area contributed by atoms with Gasteiger partial charge in [0, 0.05) is 6.42 Å². The summed E-state index contributed by atoms with van der Waals surface area (Å²) in [5.41, 5.74) is 4.55. The van der Waals surface area contributed by atoms with Crippen LogP contribution in [0.2, 0.25) is 0 Å². The van der Waals surface area contributed by atoms with E-state index in [0.29, 0.717) is 41.6 Å². The molecular formula is C29H40O2. The number of hydrogen-bond acceptors (Lipinski definition) is 2. The highest BCUT2D eigenvalue weighted by molar-refractivity contribution is 5.46. The molecule has 0 saturated heterocycles. The molecular weight excluding hydrogens is 380 g/mol. The van der Waals surface area contributed by atoms with Gasteiger partial charge in [0.25, 0.3) is 0 Å². The summed E-state index contributed by atoms with van der Waals surface area (Å²) in [5, 5.41) is 21.2. The van der Waals surface area contributed by atoms with E-state index >= 15 is 0 Å². The van der Waals surface area contributed by atoms with Crippen LogP contribution in [0.1, 0.15) is 100 Å². The van der Waals surface area contributed by atoms with Crippen LogP contribution in [0.25, 0.3) is 0 Å². The standard InChI is InChI=1S/C29H40O2/c1-18-5-9-26(20(3)13-18)22-7-11-28(30)24(15-22)17-25-16-23(8-12-29(25)31)27-10-6-19(2)14-21(27)4/h7-8,11-12,15-16,18-21,26-27,30-31H,5-6,9-10,13-14,17H2,1-4H3. The van der Waals surface area contributed by atoms with Crippen molar-refractivity contribution in [2.24, 2.45) is 23.7 Å². The highest BCUT2D eigenvalue weighted by atomic mass is 16.3. The highest BCUT2D eigenvalue weighted by Gasteiger charge is 2.28. The van der Waals surface area contributed by atoms with Gasteiger partial charge in [0.05, 0.1) is 0 Å². The van der Waals surface area contributed by atoms with Gasteiger partial charge in [-0.05, 0) is 95.6 Å². The van der Waals surface area contributed by atoms with Gasteiger partial charge in [0.2, 0.25) is 0 Å². The quantitative estimate of drug-likeness (QED) is 0.530. The molecule has 4 rings (SSSR count). The molecule has 2 heteroatoms. The Balaban J connectivity index is 1.58. The van der Waals surface area contributed by atoms with Crippen molar-refractivity contribution in [2.45, 2.75) is 84.5 Å². The summed E-state index contributed by atoms with van der Waals surface area (Å²) in [4.78, 5) is 0. The number of benzene rings is 2. The molecule has 2 N–H and O–H groups in total. The van der Waals surface area contributed by atoms with Crippen LogP contribution in [-0.4, -0.2) is 10.2 Å². The Morgan fingerprint density at radius 2 is 1.06 bits per heavy atom. The Labute approximate surface area is 188 Å².